The Kier molecular flexibility index (Phi) is 8.83. The molecule has 0 fully saturated rings. The highest BCUT2D eigenvalue weighted by Gasteiger charge is 2.09. The zero-order valence-electron chi connectivity index (χ0n) is 12.3. The van der Waals surface area contributed by atoms with E-state index in [1.54, 1.807) is 6.07 Å². The molecule has 0 saturated carbocycles. The van der Waals surface area contributed by atoms with Crippen molar-refractivity contribution in [2.24, 2.45) is 5.84 Å². The van der Waals surface area contributed by atoms with E-state index in [0.717, 1.165) is 24.8 Å². The second-order valence-electron chi connectivity index (χ2n) is 5.37. The van der Waals surface area contributed by atoms with Gasteiger partial charge in [-0.2, -0.15) is 0 Å². The molecule has 2 nitrogen and oxygen atoms in total. The largest absolute Gasteiger partial charge is 0.271 e. The molecule has 0 radical (unpaired) electrons. The fourth-order valence-corrected chi connectivity index (χ4v) is 2.48. The first kappa shape index (κ1) is 17.4. The van der Waals surface area contributed by atoms with Crippen molar-refractivity contribution in [2.45, 2.75) is 64.3 Å². The lowest BCUT2D eigenvalue weighted by molar-refractivity contribution is 0.458. The summed E-state index contributed by atoms with van der Waals surface area (Å²) in [7, 11) is 0. The summed E-state index contributed by atoms with van der Waals surface area (Å²) in [6, 6.07) is 5.15. The van der Waals surface area contributed by atoms with Gasteiger partial charge in [-0.25, -0.2) is 4.39 Å². The normalized spacial score (nSPS) is 12.6. The van der Waals surface area contributed by atoms with Gasteiger partial charge >= 0.3 is 0 Å². The van der Waals surface area contributed by atoms with Crippen molar-refractivity contribution in [3.05, 3.63) is 34.6 Å². The number of nitrogens with one attached hydrogen (secondary N) is 1. The van der Waals surface area contributed by atoms with Gasteiger partial charge < -0.3 is 0 Å². The van der Waals surface area contributed by atoms with Crippen LogP contribution in [0.3, 0.4) is 0 Å². The Balaban J connectivity index is 2.29. The van der Waals surface area contributed by atoms with E-state index >= 15 is 0 Å². The summed E-state index contributed by atoms with van der Waals surface area (Å²) >= 11 is 5.68. The molecule has 0 aliphatic carbocycles. The van der Waals surface area contributed by atoms with Gasteiger partial charge in [0.1, 0.15) is 5.82 Å². The SMILES string of the molecule is CCCCCCCCC(Cc1ccc(Cl)c(F)c1)NN. The number of hydrazine groups is 1. The van der Waals surface area contributed by atoms with Crippen LogP contribution in [0.4, 0.5) is 4.39 Å². The van der Waals surface area contributed by atoms with Gasteiger partial charge in [0, 0.05) is 6.04 Å². The number of hydrogen-bond acceptors (Lipinski definition) is 2. The average molecular weight is 301 g/mol. The lowest BCUT2D eigenvalue weighted by atomic mass is 10.00. The van der Waals surface area contributed by atoms with Crippen LogP contribution in [-0.2, 0) is 6.42 Å². The first-order valence-corrected chi connectivity index (χ1v) is 7.95. The van der Waals surface area contributed by atoms with Gasteiger partial charge in [0.15, 0.2) is 0 Å². The lowest BCUT2D eigenvalue weighted by Crippen LogP contribution is -2.36. The van der Waals surface area contributed by atoms with Gasteiger partial charge in [-0.05, 0) is 30.5 Å². The molecule has 0 amide bonds. The Morgan fingerprint density at radius 2 is 1.90 bits per heavy atom. The summed E-state index contributed by atoms with van der Waals surface area (Å²) in [6.45, 7) is 2.22. The van der Waals surface area contributed by atoms with Crippen molar-refractivity contribution in [1.82, 2.24) is 5.43 Å². The molecule has 0 saturated heterocycles. The van der Waals surface area contributed by atoms with E-state index in [1.165, 1.54) is 38.2 Å². The minimum absolute atomic E-state index is 0.168. The topological polar surface area (TPSA) is 38.0 Å². The molecule has 0 aromatic heterocycles. The molecule has 1 atom stereocenters. The van der Waals surface area contributed by atoms with E-state index in [0.29, 0.717) is 0 Å². The third-order valence-corrected chi connectivity index (χ3v) is 3.91. The molecule has 0 heterocycles. The summed E-state index contributed by atoms with van der Waals surface area (Å²) < 4.78 is 13.4. The predicted molar refractivity (Wildman–Crippen MR) is 84.2 cm³/mol. The smallest absolute Gasteiger partial charge is 0.142 e. The van der Waals surface area contributed by atoms with Crippen LogP contribution in [0.5, 0.6) is 0 Å². The number of benzene rings is 1. The number of unbranched alkanes of at least 4 members (excludes halogenated alkanes) is 5. The third kappa shape index (κ3) is 6.69. The van der Waals surface area contributed by atoms with Crippen LogP contribution < -0.4 is 11.3 Å². The van der Waals surface area contributed by atoms with Crippen molar-refractivity contribution in [3.8, 4) is 0 Å². The highest BCUT2D eigenvalue weighted by molar-refractivity contribution is 6.30. The van der Waals surface area contributed by atoms with Crippen molar-refractivity contribution in [1.29, 1.82) is 0 Å². The summed E-state index contributed by atoms with van der Waals surface area (Å²) in [5.41, 5.74) is 3.76. The second-order valence-corrected chi connectivity index (χ2v) is 5.78. The highest BCUT2D eigenvalue weighted by atomic mass is 35.5. The van der Waals surface area contributed by atoms with E-state index in [9.17, 15) is 4.39 Å². The van der Waals surface area contributed by atoms with Gasteiger partial charge in [-0.1, -0.05) is 63.1 Å². The molecule has 0 bridgehead atoms. The Morgan fingerprint density at radius 1 is 1.20 bits per heavy atom. The minimum atomic E-state index is -0.362. The maximum Gasteiger partial charge on any atom is 0.142 e. The maximum absolute atomic E-state index is 13.4. The van der Waals surface area contributed by atoms with Gasteiger partial charge in [-0.3, -0.25) is 11.3 Å². The van der Waals surface area contributed by atoms with Gasteiger partial charge in [-0.15, -0.1) is 0 Å². The highest BCUT2D eigenvalue weighted by Crippen LogP contribution is 2.18. The molecule has 114 valence electrons. The van der Waals surface area contributed by atoms with E-state index < -0.39 is 0 Å². The van der Waals surface area contributed by atoms with Crippen LogP contribution in [0.1, 0.15) is 57.4 Å². The Labute approximate surface area is 126 Å². The molecule has 0 spiro atoms. The fourth-order valence-electron chi connectivity index (χ4n) is 2.37. The Hall–Kier alpha value is -0.640. The van der Waals surface area contributed by atoms with Crippen LogP contribution >= 0.6 is 11.6 Å². The minimum Gasteiger partial charge on any atom is -0.271 e. The Morgan fingerprint density at radius 3 is 2.55 bits per heavy atom. The van der Waals surface area contributed by atoms with Crippen molar-refractivity contribution < 1.29 is 4.39 Å². The summed E-state index contributed by atoms with van der Waals surface area (Å²) in [5.74, 6) is 5.22. The van der Waals surface area contributed by atoms with Gasteiger partial charge in [0.2, 0.25) is 0 Å². The number of hydrogen-bond donors (Lipinski definition) is 2. The molecule has 1 aromatic carbocycles. The molecule has 4 heteroatoms. The zero-order chi connectivity index (χ0) is 14.8. The van der Waals surface area contributed by atoms with Crippen LogP contribution in [0, 0.1) is 5.82 Å². The van der Waals surface area contributed by atoms with E-state index in [1.807, 2.05) is 6.07 Å². The summed E-state index contributed by atoms with van der Waals surface area (Å²) in [5, 5.41) is 0.168. The second kappa shape index (κ2) is 10.1. The van der Waals surface area contributed by atoms with Crippen molar-refractivity contribution in [3.63, 3.8) is 0 Å². The van der Waals surface area contributed by atoms with Crippen molar-refractivity contribution in [2.75, 3.05) is 0 Å². The van der Waals surface area contributed by atoms with Crippen LogP contribution in [0.2, 0.25) is 5.02 Å². The maximum atomic E-state index is 13.4. The van der Waals surface area contributed by atoms with Crippen molar-refractivity contribution >= 4 is 11.6 Å². The first-order chi connectivity index (χ1) is 9.67. The van der Waals surface area contributed by atoms with Gasteiger partial charge in [0.05, 0.1) is 5.02 Å². The van der Waals surface area contributed by atoms with Crippen LogP contribution in [0.25, 0.3) is 0 Å². The Bertz CT molecular complexity index is 385. The molecule has 0 aliphatic rings. The quantitative estimate of drug-likeness (QED) is 0.376. The first-order valence-electron chi connectivity index (χ1n) is 7.57. The molecular formula is C16H26ClFN2. The number of rotatable bonds is 10. The van der Waals surface area contributed by atoms with Crippen LogP contribution in [-0.4, -0.2) is 6.04 Å². The van der Waals surface area contributed by atoms with E-state index in [-0.39, 0.29) is 16.9 Å². The standard InChI is InChI=1S/C16H26ClFN2/c1-2-3-4-5-6-7-8-14(20-19)11-13-9-10-15(17)16(18)12-13/h9-10,12,14,20H,2-8,11,19H2,1H3. The number of halogens is 2. The molecule has 0 aliphatic heterocycles. The van der Waals surface area contributed by atoms with E-state index in [4.69, 9.17) is 17.4 Å². The molecule has 1 aromatic rings. The molecule has 20 heavy (non-hydrogen) atoms. The summed E-state index contributed by atoms with van der Waals surface area (Å²) in [6.07, 6.45) is 9.37. The molecular weight excluding hydrogens is 275 g/mol. The summed E-state index contributed by atoms with van der Waals surface area (Å²) in [4.78, 5) is 0. The van der Waals surface area contributed by atoms with Crippen LogP contribution in [0.15, 0.2) is 18.2 Å². The third-order valence-electron chi connectivity index (χ3n) is 3.61. The van der Waals surface area contributed by atoms with E-state index in [2.05, 4.69) is 12.3 Å². The number of nitrogens with two attached hydrogens (primary N) is 1. The molecule has 1 rings (SSSR count). The lowest BCUT2D eigenvalue weighted by Gasteiger charge is -2.16. The monoisotopic (exact) mass is 300 g/mol. The fraction of sp³-hybridized carbons (Fsp3) is 0.625. The zero-order valence-corrected chi connectivity index (χ0v) is 13.1. The van der Waals surface area contributed by atoms with Gasteiger partial charge in [0.25, 0.3) is 0 Å². The average Bonchev–Trinajstić information content (AvgIpc) is 2.45. The molecule has 1 unspecified atom stereocenters. The molecule has 3 N–H and O–H groups in total. The predicted octanol–water partition coefficient (Wildman–Crippen LogP) is 4.60.